The van der Waals surface area contributed by atoms with Crippen LogP contribution >= 0.6 is 27.7 Å². The van der Waals surface area contributed by atoms with Crippen LogP contribution in [0.5, 0.6) is 5.75 Å². The summed E-state index contributed by atoms with van der Waals surface area (Å²) in [5, 5.41) is 8.28. The molecule has 6 nitrogen and oxygen atoms in total. The van der Waals surface area contributed by atoms with Crippen LogP contribution in [-0.4, -0.2) is 33.4 Å². The average molecular weight is 469 g/mol. The third-order valence-corrected chi connectivity index (χ3v) is 5.91. The number of benzene rings is 2. The number of carbonyl (C=O) groups excluding carboxylic acids is 1. The van der Waals surface area contributed by atoms with Gasteiger partial charge in [0.1, 0.15) is 10.8 Å². The second-order valence-corrected chi connectivity index (χ2v) is 7.93. The SMILES string of the molecule is COc1ccccc1-c1cc2c(SCC(=O)Nc3ccccc3Br)nccn2n1. The maximum absolute atomic E-state index is 12.4. The highest BCUT2D eigenvalue weighted by molar-refractivity contribution is 9.10. The number of halogens is 1. The molecule has 2 aromatic heterocycles. The number of nitrogens with zero attached hydrogens (tertiary/aromatic N) is 3. The smallest absolute Gasteiger partial charge is 0.234 e. The van der Waals surface area contributed by atoms with Crippen LogP contribution in [0.3, 0.4) is 0 Å². The minimum atomic E-state index is -0.102. The van der Waals surface area contributed by atoms with Gasteiger partial charge < -0.3 is 10.1 Å². The molecule has 29 heavy (non-hydrogen) atoms. The first-order valence-corrected chi connectivity index (χ1v) is 10.6. The van der Waals surface area contributed by atoms with Gasteiger partial charge in [-0.25, -0.2) is 9.50 Å². The number of fused-ring (bicyclic) bond motifs is 1. The number of rotatable bonds is 6. The number of thioether (sulfide) groups is 1. The summed E-state index contributed by atoms with van der Waals surface area (Å²) < 4.78 is 8.05. The highest BCUT2D eigenvalue weighted by Crippen LogP contribution is 2.31. The maximum atomic E-state index is 12.4. The second kappa shape index (κ2) is 8.67. The fourth-order valence-electron chi connectivity index (χ4n) is 2.88. The normalized spacial score (nSPS) is 10.8. The molecule has 1 amide bonds. The molecular weight excluding hydrogens is 452 g/mol. The quantitative estimate of drug-likeness (QED) is 0.407. The second-order valence-electron chi connectivity index (χ2n) is 6.11. The van der Waals surface area contributed by atoms with Gasteiger partial charge in [0.05, 0.1) is 29.8 Å². The van der Waals surface area contributed by atoms with Crippen molar-refractivity contribution < 1.29 is 9.53 Å². The van der Waals surface area contributed by atoms with Crippen molar-refractivity contribution in [1.29, 1.82) is 0 Å². The summed E-state index contributed by atoms with van der Waals surface area (Å²) in [6, 6.07) is 17.2. The van der Waals surface area contributed by atoms with E-state index in [-0.39, 0.29) is 11.7 Å². The lowest BCUT2D eigenvalue weighted by atomic mass is 10.1. The standard InChI is InChI=1S/C21H17BrN4O2S/c1-28-19-9-5-2-6-14(19)17-12-18-21(23-10-11-26(18)25-17)29-13-20(27)24-16-8-4-3-7-15(16)22/h2-12H,13H2,1H3,(H,24,27). The Hall–Kier alpha value is -2.84. The minimum absolute atomic E-state index is 0.102. The summed E-state index contributed by atoms with van der Waals surface area (Å²) in [6.07, 6.45) is 3.47. The molecule has 0 spiro atoms. The van der Waals surface area contributed by atoms with Crippen molar-refractivity contribution >= 4 is 44.8 Å². The molecule has 146 valence electrons. The van der Waals surface area contributed by atoms with Gasteiger partial charge in [-0.3, -0.25) is 4.79 Å². The number of carbonyl (C=O) groups is 1. The summed E-state index contributed by atoms with van der Waals surface area (Å²) in [4.78, 5) is 16.8. The molecule has 8 heteroatoms. The van der Waals surface area contributed by atoms with Crippen LogP contribution < -0.4 is 10.1 Å². The Morgan fingerprint density at radius 1 is 1.21 bits per heavy atom. The van der Waals surface area contributed by atoms with E-state index in [2.05, 4.69) is 31.3 Å². The van der Waals surface area contributed by atoms with E-state index in [1.54, 1.807) is 24.0 Å². The predicted octanol–water partition coefficient (Wildman–Crippen LogP) is 4.90. The molecule has 0 fully saturated rings. The number of ether oxygens (including phenoxy) is 1. The van der Waals surface area contributed by atoms with E-state index in [9.17, 15) is 4.79 Å². The van der Waals surface area contributed by atoms with E-state index < -0.39 is 0 Å². The lowest BCUT2D eigenvalue weighted by Crippen LogP contribution is -2.14. The Labute approximate surface area is 180 Å². The fraction of sp³-hybridized carbons (Fsp3) is 0.0952. The fourth-order valence-corrected chi connectivity index (χ4v) is 4.04. The van der Waals surface area contributed by atoms with Gasteiger partial charge >= 0.3 is 0 Å². The Morgan fingerprint density at radius 2 is 2.00 bits per heavy atom. The summed E-state index contributed by atoms with van der Waals surface area (Å²) in [5.74, 6) is 0.893. The monoisotopic (exact) mass is 468 g/mol. The van der Waals surface area contributed by atoms with Gasteiger partial charge in [-0.05, 0) is 46.3 Å². The number of amides is 1. The number of hydrogen-bond donors (Lipinski definition) is 1. The zero-order chi connectivity index (χ0) is 20.2. The van der Waals surface area contributed by atoms with Crippen molar-refractivity contribution in [1.82, 2.24) is 14.6 Å². The Kier molecular flexibility index (Phi) is 5.82. The van der Waals surface area contributed by atoms with Crippen LogP contribution in [0.4, 0.5) is 5.69 Å². The Bertz CT molecular complexity index is 1180. The number of nitrogens with one attached hydrogen (secondary N) is 1. The highest BCUT2D eigenvalue weighted by atomic mass is 79.9. The maximum Gasteiger partial charge on any atom is 0.234 e. The molecule has 0 aliphatic heterocycles. The molecule has 1 N–H and O–H groups in total. The number of anilines is 1. The zero-order valence-electron chi connectivity index (χ0n) is 15.5. The molecule has 0 unspecified atom stereocenters. The van der Waals surface area contributed by atoms with Crippen molar-refractivity contribution in [3.05, 3.63) is 71.5 Å². The lowest BCUT2D eigenvalue weighted by Gasteiger charge is -2.07. The molecule has 2 aromatic carbocycles. The Morgan fingerprint density at radius 3 is 2.83 bits per heavy atom. The molecule has 4 aromatic rings. The zero-order valence-corrected chi connectivity index (χ0v) is 17.9. The van der Waals surface area contributed by atoms with E-state index in [4.69, 9.17) is 4.74 Å². The van der Waals surface area contributed by atoms with Crippen molar-refractivity contribution in [2.24, 2.45) is 0 Å². The van der Waals surface area contributed by atoms with E-state index in [0.717, 1.165) is 37.7 Å². The lowest BCUT2D eigenvalue weighted by molar-refractivity contribution is -0.113. The summed E-state index contributed by atoms with van der Waals surface area (Å²) in [7, 11) is 1.64. The van der Waals surface area contributed by atoms with Crippen molar-refractivity contribution in [3.63, 3.8) is 0 Å². The van der Waals surface area contributed by atoms with E-state index in [1.807, 2.05) is 54.6 Å². The summed E-state index contributed by atoms with van der Waals surface area (Å²) in [6.45, 7) is 0. The number of para-hydroxylation sites is 2. The summed E-state index contributed by atoms with van der Waals surface area (Å²) in [5.41, 5.74) is 3.27. The van der Waals surface area contributed by atoms with Crippen molar-refractivity contribution in [2.45, 2.75) is 5.03 Å². The van der Waals surface area contributed by atoms with E-state index in [0.29, 0.717) is 0 Å². The first-order chi connectivity index (χ1) is 14.2. The molecule has 4 rings (SSSR count). The van der Waals surface area contributed by atoms with Gasteiger partial charge in [-0.2, -0.15) is 5.10 Å². The molecule has 0 radical (unpaired) electrons. The molecule has 0 aliphatic carbocycles. The van der Waals surface area contributed by atoms with Crippen LogP contribution in [-0.2, 0) is 4.79 Å². The number of hydrogen-bond acceptors (Lipinski definition) is 5. The summed E-state index contributed by atoms with van der Waals surface area (Å²) >= 11 is 4.81. The van der Waals surface area contributed by atoms with Crippen molar-refractivity contribution in [3.8, 4) is 17.0 Å². The third kappa shape index (κ3) is 4.28. The third-order valence-electron chi connectivity index (χ3n) is 4.23. The Balaban J connectivity index is 1.55. The van der Waals surface area contributed by atoms with Crippen LogP contribution in [0.1, 0.15) is 0 Å². The molecule has 0 atom stereocenters. The van der Waals surface area contributed by atoms with E-state index >= 15 is 0 Å². The molecule has 0 saturated carbocycles. The van der Waals surface area contributed by atoms with Gasteiger partial charge in [0.15, 0.2) is 0 Å². The first kappa shape index (κ1) is 19.5. The van der Waals surface area contributed by atoms with E-state index in [1.165, 1.54) is 11.8 Å². The topological polar surface area (TPSA) is 68.5 Å². The van der Waals surface area contributed by atoms with Gasteiger partial charge in [-0.15, -0.1) is 0 Å². The molecular formula is C21H17BrN4O2S. The van der Waals surface area contributed by atoms with Crippen LogP contribution in [0.25, 0.3) is 16.8 Å². The predicted molar refractivity (Wildman–Crippen MR) is 118 cm³/mol. The van der Waals surface area contributed by atoms with Gasteiger partial charge in [-0.1, -0.05) is 36.0 Å². The van der Waals surface area contributed by atoms with Crippen molar-refractivity contribution in [2.75, 3.05) is 18.2 Å². The first-order valence-electron chi connectivity index (χ1n) is 8.80. The average Bonchev–Trinajstić information content (AvgIpc) is 3.18. The van der Waals surface area contributed by atoms with Crippen LogP contribution in [0.2, 0.25) is 0 Å². The van der Waals surface area contributed by atoms with Crippen LogP contribution in [0.15, 0.2) is 76.5 Å². The molecule has 0 aliphatic rings. The van der Waals surface area contributed by atoms with Gasteiger partial charge in [0.2, 0.25) is 5.91 Å². The number of methoxy groups -OCH3 is 1. The molecule has 2 heterocycles. The highest BCUT2D eigenvalue weighted by Gasteiger charge is 2.14. The van der Waals surface area contributed by atoms with Crippen LogP contribution in [0, 0.1) is 0 Å². The van der Waals surface area contributed by atoms with Gasteiger partial charge in [0.25, 0.3) is 0 Å². The largest absolute Gasteiger partial charge is 0.496 e. The number of aromatic nitrogens is 3. The molecule has 0 bridgehead atoms. The van der Waals surface area contributed by atoms with Gasteiger partial charge in [0, 0.05) is 22.4 Å². The minimum Gasteiger partial charge on any atom is -0.496 e. The molecule has 0 saturated heterocycles.